The zero-order chi connectivity index (χ0) is 24.4. The highest BCUT2D eigenvalue weighted by molar-refractivity contribution is 8.01. The van der Waals surface area contributed by atoms with Crippen LogP contribution in [0.15, 0.2) is 71.3 Å². The Bertz CT molecular complexity index is 1260. The van der Waals surface area contributed by atoms with Crippen LogP contribution in [-0.2, 0) is 29.6 Å². The first kappa shape index (κ1) is 23.4. The second kappa shape index (κ2) is 10.1. The largest absolute Gasteiger partial charge is 0.477 e. The van der Waals surface area contributed by atoms with Gasteiger partial charge in [0.1, 0.15) is 17.1 Å². The summed E-state index contributed by atoms with van der Waals surface area (Å²) in [6.07, 6.45) is 4.91. The number of aliphatic carboxylic acids is 1. The third-order valence-corrected chi connectivity index (χ3v) is 8.36. The van der Waals surface area contributed by atoms with Gasteiger partial charge >= 0.3 is 5.97 Å². The number of thioether (sulfide) groups is 2. The smallest absolute Gasteiger partial charge is 0.352 e. The fourth-order valence-corrected chi connectivity index (χ4v) is 6.41. The molecule has 2 aromatic heterocycles. The number of pyridine rings is 1. The Kier molecular flexibility index (Phi) is 6.73. The summed E-state index contributed by atoms with van der Waals surface area (Å²) in [5.74, 6) is -0.392. The number of hydrogen-bond acceptors (Lipinski definition) is 8. The Labute approximate surface area is 210 Å². The summed E-state index contributed by atoms with van der Waals surface area (Å²) < 4.78 is 3.63. The predicted molar refractivity (Wildman–Crippen MR) is 131 cm³/mol. The SMILES string of the molecule is Cn1nnnc1SCC1=C(C(=O)O)N2C(=O)[C@@H](Nc3cc[n+](CCc4ccccc4)cc3)[C@H]2SC1. The minimum atomic E-state index is -1.09. The molecular weight excluding hydrogens is 486 g/mol. The standard InChI is InChI=1S/C23H23N7O3S2/c1-28-23(25-26-27-28)35-14-16-13-34-21-18(20(31)30(21)19(16)22(32)33)24-17-8-11-29(12-9-17)10-7-15-5-3-2-4-6-15/h2-6,8-9,11-12,18,21H,7,10,13-14H2,1H3,(H,32,33)/p+1/t18-,21-/m1/s1. The van der Waals surface area contributed by atoms with E-state index in [9.17, 15) is 14.7 Å². The fourth-order valence-electron chi connectivity index (χ4n) is 4.07. The average molecular weight is 511 g/mol. The van der Waals surface area contributed by atoms with Gasteiger partial charge in [0, 0.05) is 42.8 Å². The number of benzene rings is 1. The second-order valence-electron chi connectivity index (χ2n) is 8.22. The Morgan fingerprint density at radius 2 is 2.03 bits per heavy atom. The Hall–Kier alpha value is -3.38. The molecule has 1 aromatic carbocycles. The van der Waals surface area contributed by atoms with Gasteiger partial charge in [-0.25, -0.2) is 14.0 Å². The number of fused-ring (bicyclic) bond motifs is 1. The van der Waals surface area contributed by atoms with Crippen molar-refractivity contribution in [1.82, 2.24) is 25.1 Å². The first-order valence-electron chi connectivity index (χ1n) is 11.1. The molecule has 0 aliphatic carbocycles. The summed E-state index contributed by atoms with van der Waals surface area (Å²) in [5, 5.41) is 24.8. The van der Waals surface area contributed by atoms with Crippen molar-refractivity contribution in [2.24, 2.45) is 7.05 Å². The molecule has 2 aliphatic rings. The number of rotatable bonds is 9. The maximum atomic E-state index is 13.0. The van der Waals surface area contributed by atoms with Gasteiger partial charge < -0.3 is 10.4 Å². The summed E-state index contributed by atoms with van der Waals surface area (Å²) in [6.45, 7) is 0.858. The number of carboxylic acid groups (broad SMARTS) is 1. The first-order valence-corrected chi connectivity index (χ1v) is 13.1. The molecule has 180 valence electrons. The Morgan fingerprint density at radius 1 is 1.26 bits per heavy atom. The number of β-lactam (4-membered cyclic amide) rings is 1. The van der Waals surface area contributed by atoms with Crippen molar-refractivity contribution in [2.75, 3.05) is 16.8 Å². The lowest BCUT2D eigenvalue weighted by Gasteiger charge is -2.49. The average Bonchev–Trinajstić information content (AvgIpc) is 3.29. The van der Waals surface area contributed by atoms with Crippen LogP contribution in [-0.4, -0.2) is 65.0 Å². The van der Waals surface area contributed by atoms with Crippen molar-refractivity contribution in [3.63, 3.8) is 0 Å². The second-order valence-corrected chi connectivity index (χ2v) is 10.3. The number of amides is 1. The molecule has 0 spiro atoms. The Balaban J connectivity index is 1.22. The van der Waals surface area contributed by atoms with E-state index in [2.05, 4.69) is 37.5 Å². The van der Waals surface area contributed by atoms with Crippen LogP contribution < -0.4 is 9.88 Å². The van der Waals surface area contributed by atoms with Crippen LogP contribution in [0.1, 0.15) is 5.56 Å². The van der Waals surface area contributed by atoms with Crippen molar-refractivity contribution in [2.45, 2.75) is 29.5 Å². The number of carboxylic acids is 1. The molecule has 4 heterocycles. The van der Waals surface area contributed by atoms with Crippen molar-refractivity contribution >= 4 is 41.1 Å². The predicted octanol–water partition coefficient (Wildman–Crippen LogP) is 1.57. The van der Waals surface area contributed by atoms with E-state index in [1.807, 2.05) is 42.7 Å². The van der Waals surface area contributed by atoms with Crippen LogP contribution in [0.2, 0.25) is 0 Å². The topological polar surface area (TPSA) is 117 Å². The third kappa shape index (κ3) is 4.89. The van der Waals surface area contributed by atoms with E-state index in [4.69, 9.17) is 0 Å². The molecular formula is C23H24N7O3S2+. The van der Waals surface area contributed by atoms with Crippen molar-refractivity contribution in [3.8, 4) is 0 Å². The van der Waals surface area contributed by atoms with Gasteiger partial charge in [-0.3, -0.25) is 9.69 Å². The molecule has 10 nitrogen and oxygen atoms in total. The van der Waals surface area contributed by atoms with Crippen LogP contribution in [0.5, 0.6) is 0 Å². The van der Waals surface area contributed by atoms with Crippen LogP contribution >= 0.6 is 23.5 Å². The molecule has 1 amide bonds. The van der Waals surface area contributed by atoms with Gasteiger partial charge in [0.15, 0.2) is 18.9 Å². The minimum absolute atomic E-state index is 0.0752. The van der Waals surface area contributed by atoms with Gasteiger partial charge in [-0.15, -0.1) is 16.9 Å². The molecule has 5 rings (SSSR count). The number of carbonyl (C=O) groups is 2. The number of tetrazole rings is 1. The zero-order valence-electron chi connectivity index (χ0n) is 18.9. The molecule has 35 heavy (non-hydrogen) atoms. The monoisotopic (exact) mass is 510 g/mol. The molecule has 0 unspecified atom stereocenters. The van der Waals surface area contributed by atoms with E-state index in [-0.39, 0.29) is 17.0 Å². The molecule has 0 saturated carbocycles. The number of aromatic nitrogens is 5. The maximum Gasteiger partial charge on any atom is 0.352 e. The third-order valence-electron chi connectivity index (χ3n) is 5.92. The number of anilines is 1. The highest BCUT2D eigenvalue weighted by atomic mass is 32.2. The van der Waals surface area contributed by atoms with E-state index >= 15 is 0 Å². The normalized spacial score (nSPS) is 19.3. The summed E-state index contributed by atoms with van der Waals surface area (Å²) in [5.41, 5.74) is 2.88. The summed E-state index contributed by atoms with van der Waals surface area (Å²) in [4.78, 5) is 26.4. The van der Waals surface area contributed by atoms with Gasteiger partial charge in [-0.05, 0) is 21.6 Å². The van der Waals surface area contributed by atoms with E-state index in [1.54, 1.807) is 18.8 Å². The number of aryl methyl sites for hydroxylation is 3. The van der Waals surface area contributed by atoms with E-state index < -0.39 is 12.0 Å². The molecule has 1 fully saturated rings. The van der Waals surface area contributed by atoms with Gasteiger partial charge in [0.05, 0.1) is 0 Å². The molecule has 2 atom stereocenters. The highest BCUT2D eigenvalue weighted by Gasteiger charge is 2.53. The number of nitrogens with zero attached hydrogens (tertiary/aromatic N) is 6. The van der Waals surface area contributed by atoms with E-state index in [0.29, 0.717) is 22.2 Å². The van der Waals surface area contributed by atoms with Gasteiger partial charge in [-0.1, -0.05) is 42.1 Å². The molecule has 12 heteroatoms. The van der Waals surface area contributed by atoms with Gasteiger partial charge in [0.25, 0.3) is 5.91 Å². The van der Waals surface area contributed by atoms with Gasteiger partial charge in [-0.2, -0.15) is 0 Å². The molecule has 1 saturated heterocycles. The van der Waals surface area contributed by atoms with E-state index in [0.717, 1.165) is 18.7 Å². The molecule has 0 bridgehead atoms. The van der Waals surface area contributed by atoms with Crippen LogP contribution in [0.3, 0.4) is 0 Å². The van der Waals surface area contributed by atoms with Crippen LogP contribution in [0.25, 0.3) is 0 Å². The maximum absolute atomic E-state index is 13.0. The van der Waals surface area contributed by atoms with E-state index in [1.165, 1.54) is 26.9 Å². The summed E-state index contributed by atoms with van der Waals surface area (Å²) in [6, 6.07) is 13.7. The fraction of sp³-hybridized carbons (Fsp3) is 0.304. The lowest BCUT2D eigenvalue weighted by Crippen LogP contribution is -2.67. The van der Waals surface area contributed by atoms with Crippen molar-refractivity contribution < 1.29 is 19.3 Å². The summed E-state index contributed by atoms with van der Waals surface area (Å²) in [7, 11) is 1.73. The molecule has 0 radical (unpaired) electrons. The van der Waals surface area contributed by atoms with Crippen LogP contribution in [0, 0.1) is 0 Å². The number of carbonyl (C=O) groups excluding carboxylic acids is 1. The van der Waals surface area contributed by atoms with Crippen molar-refractivity contribution in [3.05, 3.63) is 71.7 Å². The zero-order valence-corrected chi connectivity index (χ0v) is 20.6. The summed E-state index contributed by atoms with van der Waals surface area (Å²) >= 11 is 2.92. The quantitative estimate of drug-likeness (QED) is 0.251. The van der Waals surface area contributed by atoms with Crippen LogP contribution in [0.4, 0.5) is 5.69 Å². The lowest BCUT2D eigenvalue weighted by molar-refractivity contribution is -0.696. The number of hydrogen-bond donors (Lipinski definition) is 2. The number of nitrogens with one attached hydrogen (secondary N) is 1. The molecule has 3 aromatic rings. The molecule has 2 aliphatic heterocycles. The van der Waals surface area contributed by atoms with Crippen molar-refractivity contribution in [1.29, 1.82) is 0 Å². The highest BCUT2D eigenvalue weighted by Crippen LogP contribution is 2.42. The first-order chi connectivity index (χ1) is 17.0. The minimum Gasteiger partial charge on any atom is -0.477 e. The van der Waals surface area contributed by atoms with Gasteiger partial charge in [0.2, 0.25) is 5.16 Å². The lowest BCUT2D eigenvalue weighted by atomic mass is 10.0. The Morgan fingerprint density at radius 3 is 2.71 bits per heavy atom. The molecule has 2 N–H and O–H groups in total.